The van der Waals surface area contributed by atoms with Crippen LogP contribution in [0.3, 0.4) is 0 Å². The summed E-state index contributed by atoms with van der Waals surface area (Å²) in [6.07, 6.45) is 6.46. The zero-order chi connectivity index (χ0) is 42.4. The van der Waals surface area contributed by atoms with Crippen molar-refractivity contribution in [3.8, 4) is 44.5 Å². The van der Waals surface area contributed by atoms with Gasteiger partial charge in [-0.25, -0.2) is 0 Å². The minimum Gasteiger partial charge on any atom is -0.309 e. The van der Waals surface area contributed by atoms with E-state index in [9.17, 15) is 0 Å². The van der Waals surface area contributed by atoms with E-state index in [2.05, 4.69) is 223 Å². The number of fused-ring (bicyclic) bond motifs is 5. The summed E-state index contributed by atoms with van der Waals surface area (Å²) in [5.41, 5.74) is 14.8. The van der Waals surface area contributed by atoms with Crippen LogP contribution in [0.1, 0.15) is 43.6 Å². The topological polar surface area (TPSA) is 3.24 Å². The van der Waals surface area contributed by atoms with Gasteiger partial charge in [0.2, 0.25) is 0 Å². The maximum absolute atomic E-state index is 2.53. The number of anilines is 3. The van der Waals surface area contributed by atoms with E-state index in [4.69, 9.17) is 0 Å². The summed E-state index contributed by atoms with van der Waals surface area (Å²) in [5.74, 6) is 0.574. The quantitative estimate of drug-likeness (QED) is 0.147. The molecule has 0 unspecified atom stereocenters. The van der Waals surface area contributed by atoms with Crippen LogP contribution in [-0.4, -0.2) is 0 Å². The predicted molar refractivity (Wildman–Crippen MR) is 277 cm³/mol. The standard InChI is InChI=1S/C62H47NS/c1-3-18-42(19-4-1)48-29-13-22-45-24-15-32-53(60(45)48)51-26-7-10-34-56(51)63(47-40-38-44(39-41-47)50-31-17-37-59-62(50)55-28-9-12-36-58(55)64-59)57-35-11-8-27-52(57)54-33-16-25-46-23-14-30-49(61(46)54)43-20-5-2-6-21-43/h1,3-4,7-19,22-41,43H,2,5-6,20-21H2. The van der Waals surface area contributed by atoms with Gasteiger partial charge in [0.1, 0.15) is 0 Å². The zero-order valence-electron chi connectivity index (χ0n) is 35.8. The van der Waals surface area contributed by atoms with Gasteiger partial charge in [-0.2, -0.15) is 0 Å². The Morgan fingerprint density at radius 3 is 1.55 bits per heavy atom. The molecule has 1 nitrogen and oxygen atoms in total. The monoisotopic (exact) mass is 837 g/mol. The molecule has 1 aliphatic rings. The Kier molecular flexibility index (Phi) is 9.88. The summed E-state index contributed by atoms with van der Waals surface area (Å²) in [4.78, 5) is 2.53. The number of hydrogen-bond donors (Lipinski definition) is 0. The van der Waals surface area contributed by atoms with Crippen molar-refractivity contribution >= 4 is 70.1 Å². The lowest BCUT2D eigenvalue weighted by Crippen LogP contribution is -2.13. The molecule has 1 saturated carbocycles. The Morgan fingerprint density at radius 1 is 0.344 bits per heavy atom. The fourth-order valence-electron chi connectivity index (χ4n) is 10.8. The minimum atomic E-state index is 0.574. The molecule has 12 rings (SSSR count). The average molecular weight is 838 g/mol. The third-order valence-electron chi connectivity index (χ3n) is 13.7. The minimum absolute atomic E-state index is 0.574. The van der Waals surface area contributed by atoms with Crippen LogP contribution in [0.5, 0.6) is 0 Å². The van der Waals surface area contributed by atoms with Gasteiger partial charge in [-0.1, -0.05) is 201 Å². The Bertz CT molecular complexity index is 3470. The van der Waals surface area contributed by atoms with Crippen LogP contribution in [0.4, 0.5) is 17.1 Å². The second-order valence-electron chi connectivity index (χ2n) is 17.4. The number of rotatable bonds is 8. The molecule has 1 heterocycles. The highest BCUT2D eigenvalue weighted by molar-refractivity contribution is 7.25. The van der Waals surface area contributed by atoms with Crippen LogP contribution in [0.25, 0.3) is 86.2 Å². The zero-order valence-corrected chi connectivity index (χ0v) is 36.6. The van der Waals surface area contributed by atoms with Crippen molar-refractivity contribution in [2.75, 3.05) is 4.90 Å². The van der Waals surface area contributed by atoms with Crippen LogP contribution in [-0.2, 0) is 0 Å². The van der Waals surface area contributed by atoms with Gasteiger partial charge in [-0.15, -0.1) is 11.3 Å². The number of benzene rings is 10. The number of nitrogens with zero attached hydrogens (tertiary/aromatic N) is 1. The number of hydrogen-bond acceptors (Lipinski definition) is 2. The van der Waals surface area contributed by atoms with Gasteiger partial charge in [0.15, 0.2) is 0 Å². The summed E-state index contributed by atoms with van der Waals surface area (Å²) in [5, 5.41) is 7.84. The first kappa shape index (κ1) is 38.4. The van der Waals surface area contributed by atoms with Gasteiger partial charge < -0.3 is 4.90 Å². The molecule has 0 saturated heterocycles. The second-order valence-corrected chi connectivity index (χ2v) is 18.4. The first-order chi connectivity index (χ1) is 31.8. The van der Waals surface area contributed by atoms with Crippen LogP contribution in [0, 0.1) is 0 Å². The molecule has 0 amide bonds. The van der Waals surface area contributed by atoms with Crippen molar-refractivity contribution in [1.82, 2.24) is 0 Å². The highest BCUT2D eigenvalue weighted by Crippen LogP contribution is 2.50. The number of thiophene rings is 1. The molecule has 1 aromatic heterocycles. The lowest BCUT2D eigenvalue weighted by Gasteiger charge is -2.31. The van der Waals surface area contributed by atoms with Gasteiger partial charge in [-0.05, 0) is 116 Å². The summed E-state index contributed by atoms with van der Waals surface area (Å²) >= 11 is 1.87. The highest BCUT2D eigenvalue weighted by atomic mass is 32.1. The predicted octanol–water partition coefficient (Wildman–Crippen LogP) is 18.5. The van der Waals surface area contributed by atoms with Crippen LogP contribution >= 0.6 is 11.3 Å². The van der Waals surface area contributed by atoms with Crippen molar-refractivity contribution < 1.29 is 0 Å². The summed E-state index contributed by atoms with van der Waals surface area (Å²) in [6.45, 7) is 0. The highest BCUT2D eigenvalue weighted by Gasteiger charge is 2.25. The molecule has 1 aliphatic carbocycles. The van der Waals surface area contributed by atoms with Gasteiger partial charge in [0.25, 0.3) is 0 Å². The normalized spacial score (nSPS) is 13.2. The van der Waals surface area contributed by atoms with Gasteiger partial charge in [0.05, 0.1) is 11.4 Å². The van der Waals surface area contributed by atoms with E-state index < -0.39 is 0 Å². The molecule has 10 aromatic carbocycles. The molecule has 2 heteroatoms. The van der Waals surface area contributed by atoms with Crippen molar-refractivity contribution in [1.29, 1.82) is 0 Å². The Balaban J connectivity index is 1.09. The maximum Gasteiger partial charge on any atom is 0.0540 e. The van der Waals surface area contributed by atoms with Gasteiger partial charge >= 0.3 is 0 Å². The van der Waals surface area contributed by atoms with Crippen LogP contribution in [0.15, 0.2) is 218 Å². The van der Waals surface area contributed by atoms with E-state index in [1.54, 1.807) is 0 Å². The van der Waals surface area contributed by atoms with Crippen molar-refractivity contribution in [3.05, 3.63) is 224 Å². The maximum atomic E-state index is 2.53. The Hall–Kier alpha value is -7.26. The first-order valence-electron chi connectivity index (χ1n) is 22.9. The van der Waals surface area contributed by atoms with E-state index >= 15 is 0 Å². The third-order valence-corrected chi connectivity index (χ3v) is 14.8. The van der Waals surface area contributed by atoms with Crippen LogP contribution in [0.2, 0.25) is 0 Å². The largest absolute Gasteiger partial charge is 0.309 e. The summed E-state index contributed by atoms with van der Waals surface area (Å²) < 4.78 is 2.64. The first-order valence-corrected chi connectivity index (χ1v) is 23.7. The molecule has 0 aliphatic heterocycles. The average Bonchev–Trinajstić information content (AvgIpc) is 3.76. The van der Waals surface area contributed by atoms with Gasteiger partial charge in [0, 0.05) is 37.0 Å². The van der Waals surface area contributed by atoms with E-state index in [0.29, 0.717) is 5.92 Å². The van der Waals surface area contributed by atoms with Crippen molar-refractivity contribution in [2.45, 2.75) is 38.0 Å². The lowest BCUT2D eigenvalue weighted by atomic mass is 9.80. The molecule has 1 fully saturated rings. The van der Waals surface area contributed by atoms with Gasteiger partial charge in [-0.3, -0.25) is 0 Å². The smallest absolute Gasteiger partial charge is 0.0540 e. The Morgan fingerprint density at radius 2 is 0.844 bits per heavy atom. The molecular weight excluding hydrogens is 791 g/mol. The molecule has 306 valence electrons. The summed E-state index contributed by atoms with van der Waals surface area (Å²) in [7, 11) is 0. The fraction of sp³-hybridized carbons (Fsp3) is 0.0968. The van der Waals surface area contributed by atoms with Crippen LogP contribution < -0.4 is 4.90 Å². The SMILES string of the molecule is c1ccc(-c2cccc3cccc(-c4ccccc4N(c4ccc(-c5cccc6sc7ccccc7c56)cc4)c4ccccc4-c4cccc5cccc(C6CCCCC6)c45)c23)cc1. The lowest BCUT2D eigenvalue weighted by molar-refractivity contribution is 0.445. The third kappa shape index (κ3) is 6.69. The molecule has 0 radical (unpaired) electrons. The van der Waals surface area contributed by atoms with E-state index in [-0.39, 0.29) is 0 Å². The molecule has 11 aromatic rings. The van der Waals surface area contributed by atoms with Crippen molar-refractivity contribution in [2.24, 2.45) is 0 Å². The Labute approximate surface area is 379 Å². The molecule has 64 heavy (non-hydrogen) atoms. The van der Waals surface area contributed by atoms with E-state index in [0.717, 1.165) is 17.1 Å². The molecule has 0 N–H and O–H groups in total. The van der Waals surface area contributed by atoms with E-state index in [1.807, 2.05) is 11.3 Å². The second kappa shape index (κ2) is 16.5. The molecule has 0 atom stereocenters. The molecule has 0 bridgehead atoms. The molecular formula is C62H47NS. The van der Waals surface area contributed by atoms with E-state index in [1.165, 1.54) is 124 Å². The van der Waals surface area contributed by atoms with Crippen molar-refractivity contribution in [3.63, 3.8) is 0 Å². The fourth-order valence-corrected chi connectivity index (χ4v) is 11.9. The number of para-hydroxylation sites is 2. The molecule has 0 spiro atoms. The summed E-state index contributed by atoms with van der Waals surface area (Å²) in [6, 6.07) is 81.3.